The van der Waals surface area contributed by atoms with Crippen LogP contribution in [0.2, 0.25) is 0 Å². The molecule has 11 heteroatoms. The second-order valence-corrected chi connectivity index (χ2v) is 6.32. The van der Waals surface area contributed by atoms with E-state index >= 15 is 0 Å². The van der Waals surface area contributed by atoms with E-state index in [9.17, 15) is 22.4 Å². The largest absolute Gasteiger partial charge is 0.352 e. The van der Waals surface area contributed by atoms with E-state index in [1.165, 1.54) is 7.05 Å². The van der Waals surface area contributed by atoms with E-state index in [1.54, 1.807) is 6.07 Å². The summed E-state index contributed by atoms with van der Waals surface area (Å²) in [6.07, 6.45) is 1.66. The molecule has 0 saturated carbocycles. The first-order chi connectivity index (χ1) is 10.6. The van der Waals surface area contributed by atoms with Crippen molar-refractivity contribution in [1.29, 1.82) is 5.26 Å². The van der Waals surface area contributed by atoms with E-state index in [4.69, 9.17) is 5.26 Å². The predicted molar refractivity (Wildman–Crippen MR) is 78.2 cm³/mol. The van der Waals surface area contributed by atoms with Crippen LogP contribution < -0.4 is 16.0 Å². The highest BCUT2D eigenvalue weighted by molar-refractivity contribution is 7.92. The molecule has 9 nitrogen and oxygen atoms in total. The molecule has 0 unspecified atom stereocenters. The molecule has 2 aromatic rings. The standard InChI is InChI=1S/C12H10FN5O4S/c1-17-11(19)6-15-18(12(17)20)10-4-9(16-23(2,21)22)7(5-14)3-8(10)13/h3-4,6,16H,1-2H3. The van der Waals surface area contributed by atoms with Crippen LogP contribution in [0.1, 0.15) is 5.56 Å². The fourth-order valence-corrected chi connectivity index (χ4v) is 2.31. The summed E-state index contributed by atoms with van der Waals surface area (Å²) >= 11 is 0. The first-order valence-corrected chi connectivity index (χ1v) is 7.90. The Morgan fingerprint density at radius 1 is 1.35 bits per heavy atom. The monoisotopic (exact) mass is 339 g/mol. The molecule has 0 aliphatic carbocycles. The minimum Gasteiger partial charge on any atom is -0.282 e. The quantitative estimate of drug-likeness (QED) is 0.789. The van der Waals surface area contributed by atoms with Crippen LogP contribution >= 0.6 is 0 Å². The molecule has 0 radical (unpaired) electrons. The molecule has 0 amide bonds. The van der Waals surface area contributed by atoms with E-state index < -0.39 is 32.8 Å². The van der Waals surface area contributed by atoms with Crippen LogP contribution in [0.3, 0.4) is 0 Å². The SMILES string of the molecule is Cn1c(=O)cnn(-c2cc(NS(C)(=O)=O)c(C#N)cc2F)c1=O. The average molecular weight is 339 g/mol. The Bertz CT molecular complexity index is 1050. The third kappa shape index (κ3) is 3.27. The van der Waals surface area contributed by atoms with Crippen LogP contribution in [0, 0.1) is 17.1 Å². The van der Waals surface area contributed by atoms with Crippen molar-refractivity contribution < 1.29 is 12.8 Å². The van der Waals surface area contributed by atoms with Gasteiger partial charge in [-0.05, 0) is 12.1 Å². The maximum atomic E-state index is 14.1. The predicted octanol–water partition coefficient (Wildman–Crippen LogP) is -0.687. The summed E-state index contributed by atoms with van der Waals surface area (Å²) in [5, 5.41) is 12.5. The topological polar surface area (TPSA) is 127 Å². The van der Waals surface area contributed by atoms with Crippen LogP contribution in [0.15, 0.2) is 27.9 Å². The molecule has 1 aromatic heterocycles. The molecule has 0 aliphatic heterocycles. The van der Waals surface area contributed by atoms with Gasteiger partial charge < -0.3 is 0 Å². The van der Waals surface area contributed by atoms with E-state index in [-0.39, 0.29) is 11.3 Å². The van der Waals surface area contributed by atoms with E-state index in [1.807, 2.05) is 0 Å². The van der Waals surface area contributed by atoms with E-state index in [0.717, 1.165) is 24.6 Å². The maximum absolute atomic E-state index is 14.1. The molecule has 1 aromatic carbocycles. The molecule has 0 saturated heterocycles. The van der Waals surface area contributed by atoms with Crippen LogP contribution in [0.5, 0.6) is 0 Å². The Labute approximate surface area is 129 Å². The highest BCUT2D eigenvalue weighted by Crippen LogP contribution is 2.22. The van der Waals surface area contributed by atoms with Gasteiger partial charge in [0.05, 0.1) is 17.5 Å². The van der Waals surface area contributed by atoms with Gasteiger partial charge in [0, 0.05) is 7.05 Å². The fourth-order valence-electron chi connectivity index (χ4n) is 1.75. The summed E-state index contributed by atoms with van der Waals surface area (Å²) in [5.41, 5.74) is -2.50. The number of halogens is 1. The van der Waals surface area contributed by atoms with Crippen LogP contribution in [0.4, 0.5) is 10.1 Å². The van der Waals surface area contributed by atoms with Gasteiger partial charge >= 0.3 is 5.69 Å². The number of rotatable bonds is 3. The average Bonchev–Trinajstić information content (AvgIpc) is 2.45. The highest BCUT2D eigenvalue weighted by Gasteiger charge is 2.16. The Morgan fingerprint density at radius 3 is 2.57 bits per heavy atom. The van der Waals surface area contributed by atoms with Gasteiger partial charge in [0.1, 0.15) is 18.0 Å². The summed E-state index contributed by atoms with van der Waals surface area (Å²) in [6, 6.07) is 3.36. The molecule has 0 aliphatic rings. The number of hydrogen-bond acceptors (Lipinski definition) is 6. The Hall–Kier alpha value is -3.00. The minimum atomic E-state index is -3.73. The number of aromatic nitrogens is 3. The molecule has 23 heavy (non-hydrogen) atoms. The van der Waals surface area contributed by atoms with Gasteiger partial charge in [0.15, 0.2) is 5.82 Å². The van der Waals surface area contributed by atoms with Crippen LogP contribution in [-0.2, 0) is 17.1 Å². The minimum absolute atomic E-state index is 0.214. The second kappa shape index (κ2) is 5.65. The molecular weight excluding hydrogens is 329 g/mol. The maximum Gasteiger partial charge on any atom is 0.352 e. The number of nitrogens with one attached hydrogen (secondary N) is 1. The van der Waals surface area contributed by atoms with Crippen molar-refractivity contribution in [3.05, 3.63) is 50.5 Å². The van der Waals surface area contributed by atoms with Crippen molar-refractivity contribution >= 4 is 15.7 Å². The van der Waals surface area contributed by atoms with Gasteiger partial charge in [-0.2, -0.15) is 15.0 Å². The summed E-state index contributed by atoms with van der Waals surface area (Å²) in [4.78, 5) is 23.3. The lowest BCUT2D eigenvalue weighted by Gasteiger charge is -2.11. The molecule has 120 valence electrons. The number of nitriles is 1. The molecular formula is C12H10FN5O4S. The number of anilines is 1. The van der Waals surface area contributed by atoms with E-state index in [0.29, 0.717) is 9.25 Å². The van der Waals surface area contributed by atoms with Crippen molar-refractivity contribution in [2.75, 3.05) is 11.0 Å². The summed E-state index contributed by atoms with van der Waals surface area (Å²) in [5.74, 6) is -0.978. The molecule has 1 heterocycles. The Morgan fingerprint density at radius 2 is 2.00 bits per heavy atom. The lowest BCUT2D eigenvalue weighted by Crippen LogP contribution is -2.38. The molecule has 1 N–H and O–H groups in total. The Kier molecular flexibility index (Phi) is 4.02. The third-order valence-corrected chi connectivity index (χ3v) is 3.40. The van der Waals surface area contributed by atoms with Gasteiger partial charge in [-0.25, -0.2) is 17.6 Å². The number of hydrogen-bond donors (Lipinski definition) is 1. The van der Waals surface area contributed by atoms with Gasteiger partial charge in [0.25, 0.3) is 5.56 Å². The van der Waals surface area contributed by atoms with Crippen molar-refractivity contribution in [3.63, 3.8) is 0 Å². The highest BCUT2D eigenvalue weighted by atomic mass is 32.2. The first kappa shape index (κ1) is 16.4. The molecule has 2 rings (SSSR count). The van der Waals surface area contributed by atoms with Crippen molar-refractivity contribution in [2.45, 2.75) is 0 Å². The van der Waals surface area contributed by atoms with Gasteiger partial charge in [-0.1, -0.05) is 0 Å². The van der Waals surface area contributed by atoms with Crippen molar-refractivity contribution in [2.24, 2.45) is 7.05 Å². The number of sulfonamides is 1. The van der Waals surface area contributed by atoms with Crippen LogP contribution in [0.25, 0.3) is 5.69 Å². The molecule has 0 bridgehead atoms. The van der Waals surface area contributed by atoms with Crippen molar-refractivity contribution in [3.8, 4) is 11.8 Å². The fraction of sp³-hybridized carbons (Fsp3) is 0.167. The first-order valence-electron chi connectivity index (χ1n) is 6.01. The normalized spacial score (nSPS) is 11.0. The summed E-state index contributed by atoms with van der Waals surface area (Å²) in [6.45, 7) is 0. The van der Waals surface area contributed by atoms with Crippen molar-refractivity contribution in [1.82, 2.24) is 14.3 Å². The smallest absolute Gasteiger partial charge is 0.282 e. The Balaban J connectivity index is 2.77. The third-order valence-electron chi connectivity index (χ3n) is 2.81. The molecule has 0 fully saturated rings. The molecule has 0 atom stereocenters. The number of benzene rings is 1. The number of nitrogens with zero attached hydrogens (tertiary/aromatic N) is 4. The van der Waals surface area contributed by atoms with E-state index in [2.05, 4.69) is 9.82 Å². The summed E-state index contributed by atoms with van der Waals surface area (Å²) in [7, 11) is -2.55. The van der Waals surface area contributed by atoms with Gasteiger partial charge in [-0.3, -0.25) is 14.1 Å². The zero-order chi connectivity index (χ0) is 17.4. The lowest BCUT2D eigenvalue weighted by molar-refractivity contribution is 0.585. The zero-order valence-corrected chi connectivity index (χ0v) is 12.8. The molecule has 0 spiro atoms. The van der Waals surface area contributed by atoms with Crippen LogP contribution in [-0.4, -0.2) is 29.0 Å². The zero-order valence-electron chi connectivity index (χ0n) is 11.9. The lowest BCUT2D eigenvalue weighted by atomic mass is 10.1. The second-order valence-electron chi connectivity index (χ2n) is 4.57. The van der Waals surface area contributed by atoms with Gasteiger partial charge in [-0.15, -0.1) is 0 Å². The van der Waals surface area contributed by atoms with Gasteiger partial charge in [0.2, 0.25) is 10.0 Å². The summed E-state index contributed by atoms with van der Waals surface area (Å²) < 4.78 is 40.1.